The molecule has 2 aliphatic rings. The first-order valence-electron chi connectivity index (χ1n) is 12.0. The molecule has 2 atom stereocenters. The van der Waals surface area contributed by atoms with Gasteiger partial charge in [0.25, 0.3) is 0 Å². The van der Waals surface area contributed by atoms with E-state index in [1.54, 1.807) is 4.57 Å². The topological polar surface area (TPSA) is 73.6 Å². The molecule has 8 heteroatoms. The minimum Gasteiger partial charge on any atom is -0.493 e. The van der Waals surface area contributed by atoms with E-state index < -0.39 is 17.6 Å². The lowest BCUT2D eigenvalue weighted by molar-refractivity contribution is -0.137. The first-order chi connectivity index (χ1) is 17.4. The molecule has 1 aromatic heterocycles. The van der Waals surface area contributed by atoms with Crippen LogP contribution >= 0.6 is 0 Å². The highest BCUT2D eigenvalue weighted by Gasteiger charge is 2.30. The Kier molecular flexibility index (Phi) is 5.39. The van der Waals surface area contributed by atoms with E-state index in [1.165, 1.54) is 6.07 Å². The standard InChI is InChI=1S/C28H24F2N2O4/c1-2-25-31-27-21(30)11-18(29)12-23(27)32(25)22-5-3-4-20-16(14-36-28(20)22)8-15-6-7-19-17(10-26(33)34)13-35-24(19)9-15/h3-7,9,11-12,16-17H,2,8,10,13-14H2,1H3,(H,33,34)/t16-,17-/m1/s1. The zero-order valence-electron chi connectivity index (χ0n) is 19.6. The molecule has 0 unspecified atom stereocenters. The summed E-state index contributed by atoms with van der Waals surface area (Å²) < 4.78 is 42.3. The molecule has 0 fully saturated rings. The van der Waals surface area contributed by atoms with Crippen LogP contribution in [0.3, 0.4) is 0 Å². The third-order valence-electron chi connectivity index (χ3n) is 7.06. The molecule has 3 aromatic carbocycles. The Morgan fingerprint density at radius 2 is 1.92 bits per heavy atom. The van der Waals surface area contributed by atoms with Gasteiger partial charge < -0.3 is 14.6 Å². The molecule has 6 rings (SSSR count). The van der Waals surface area contributed by atoms with Crippen LogP contribution in [0.15, 0.2) is 48.5 Å². The zero-order valence-corrected chi connectivity index (χ0v) is 19.6. The van der Waals surface area contributed by atoms with Crippen molar-refractivity contribution in [3.05, 3.63) is 82.7 Å². The van der Waals surface area contributed by atoms with Gasteiger partial charge in [-0.1, -0.05) is 31.2 Å². The molecule has 184 valence electrons. The normalized spacial score (nSPS) is 18.1. The first kappa shape index (κ1) is 22.5. The molecule has 0 radical (unpaired) electrons. The van der Waals surface area contributed by atoms with E-state index in [-0.39, 0.29) is 23.8 Å². The van der Waals surface area contributed by atoms with Crippen molar-refractivity contribution < 1.29 is 28.2 Å². The number of carbonyl (C=O) groups is 1. The molecule has 1 N–H and O–H groups in total. The lowest BCUT2D eigenvalue weighted by Crippen LogP contribution is -2.07. The summed E-state index contributed by atoms with van der Waals surface area (Å²) in [5.41, 5.74) is 4.26. The number of hydrogen-bond acceptors (Lipinski definition) is 4. The molecule has 0 amide bonds. The number of nitrogens with zero attached hydrogens (tertiary/aromatic N) is 2. The smallest absolute Gasteiger partial charge is 0.304 e. The summed E-state index contributed by atoms with van der Waals surface area (Å²) in [6.07, 6.45) is 1.31. The summed E-state index contributed by atoms with van der Waals surface area (Å²) in [6, 6.07) is 14.0. The van der Waals surface area contributed by atoms with E-state index in [9.17, 15) is 13.6 Å². The maximum absolute atomic E-state index is 14.5. The van der Waals surface area contributed by atoms with Gasteiger partial charge in [-0.15, -0.1) is 0 Å². The van der Waals surface area contributed by atoms with Gasteiger partial charge in [-0.25, -0.2) is 13.8 Å². The molecule has 2 aliphatic heterocycles. The molecule has 6 nitrogen and oxygen atoms in total. The number of aromatic nitrogens is 2. The van der Waals surface area contributed by atoms with E-state index in [4.69, 9.17) is 14.6 Å². The van der Waals surface area contributed by atoms with Crippen LogP contribution in [-0.2, 0) is 17.6 Å². The maximum atomic E-state index is 14.5. The minimum absolute atomic E-state index is 0.0510. The molecule has 0 aliphatic carbocycles. The fourth-order valence-corrected chi connectivity index (χ4v) is 5.41. The Balaban J connectivity index is 1.34. The van der Waals surface area contributed by atoms with Gasteiger partial charge in [0.05, 0.1) is 30.8 Å². The predicted molar refractivity (Wildman–Crippen MR) is 129 cm³/mol. The molecule has 0 saturated heterocycles. The van der Waals surface area contributed by atoms with Crippen LogP contribution in [0.1, 0.15) is 47.7 Å². The van der Waals surface area contributed by atoms with E-state index in [0.717, 1.165) is 28.5 Å². The average Bonchev–Trinajstić information content (AvgIpc) is 3.54. The molecular weight excluding hydrogens is 466 g/mol. The number of fused-ring (bicyclic) bond motifs is 3. The summed E-state index contributed by atoms with van der Waals surface area (Å²) in [5.74, 6) is -0.151. The van der Waals surface area contributed by atoms with Gasteiger partial charge in [-0.2, -0.15) is 0 Å². The van der Waals surface area contributed by atoms with Crippen molar-refractivity contribution in [3.63, 3.8) is 0 Å². The number of rotatable bonds is 6. The Morgan fingerprint density at radius 1 is 1.08 bits per heavy atom. The van der Waals surface area contributed by atoms with Crippen LogP contribution in [0.5, 0.6) is 11.5 Å². The molecule has 4 aromatic rings. The van der Waals surface area contributed by atoms with E-state index in [1.807, 2.05) is 43.3 Å². The largest absolute Gasteiger partial charge is 0.493 e. The first-order valence-corrected chi connectivity index (χ1v) is 12.0. The number of halogens is 2. The van der Waals surface area contributed by atoms with E-state index >= 15 is 0 Å². The van der Waals surface area contributed by atoms with E-state index in [2.05, 4.69) is 4.98 Å². The van der Waals surface area contributed by atoms with Gasteiger partial charge >= 0.3 is 5.97 Å². The summed E-state index contributed by atoms with van der Waals surface area (Å²) in [7, 11) is 0. The third-order valence-corrected chi connectivity index (χ3v) is 7.06. The maximum Gasteiger partial charge on any atom is 0.304 e. The fraction of sp³-hybridized carbons (Fsp3) is 0.286. The summed E-state index contributed by atoms with van der Waals surface area (Å²) in [6.45, 7) is 2.78. The number of benzene rings is 3. The van der Waals surface area contributed by atoms with Crippen LogP contribution in [0.25, 0.3) is 16.7 Å². The van der Waals surface area contributed by atoms with Crippen LogP contribution in [-0.4, -0.2) is 33.8 Å². The Bertz CT molecular complexity index is 1510. The predicted octanol–water partition coefficient (Wildman–Crippen LogP) is 5.54. The summed E-state index contributed by atoms with van der Waals surface area (Å²) >= 11 is 0. The number of aliphatic carboxylic acids is 1. The number of para-hydroxylation sites is 1. The van der Waals surface area contributed by atoms with Crippen molar-refractivity contribution in [2.24, 2.45) is 0 Å². The summed E-state index contributed by atoms with van der Waals surface area (Å²) in [5, 5.41) is 9.13. The highest BCUT2D eigenvalue weighted by atomic mass is 19.1. The zero-order chi connectivity index (χ0) is 25.0. The average molecular weight is 491 g/mol. The van der Waals surface area contributed by atoms with Crippen molar-refractivity contribution in [1.29, 1.82) is 0 Å². The SMILES string of the molecule is CCc1nc2c(F)cc(F)cc2n1-c1cccc2c1OC[C@H]2Cc1ccc2c(c1)OC[C@H]2CC(=O)O. The number of ether oxygens (including phenoxy) is 2. The molecule has 0 bridgehead atoms. The second-order valence-electron chi connectivity index (χ2n) is 9.36. The molecule has 3 heterocycles. The van der Waals surface area contributed by atoms with Gasteiger partial charge in [0.1, 0.15) is 28.7 Å². The van der Waals surface area contributed by atoms with E-state index in [0.29, 0.717) is 48.8 Å². The minimum atomic E-state index is -0.835. The van der Waals surface area contributed by atoms with Crippen LogP contribution in [0.4, 0.5) is 8.78 Å². The van der Waals surface area contributed by atoms with Crippen LogP contribution < -0.4 is 9.47 Å². The second-order valence-corrected chi connectivity index (χ2v) is 9.36. The van der Waals surface area contributed by atoms with Crippen molar-refractivity contribution in [2.75, 3.05) is 13.2 Å². The highest BCUT2D eigenvalue weighted by molar-refractivity contribution is 5.80. The number of imidazole rings is 1. The van der Waals surface area contributed by atoms with Gasteiger partial charge in [0.2, 0.25) is 0 Å². The quantitative estimate of drug-likeness (QED) is 0.385. The van der Waals surface area contributed by atoms with Crippen molar-refractivity contribution in [1.82, 2.24) is 9.55 Å². The van der Waals surface area contributed by atoms with Gasteiger partial charge in [-0.05, 0) is 24.1 Å². The highest BCUT2D eigenvalue weighted by Crippen LogP contribution is 2.43. The van der Waals surface area contributed by atoms with Crippen molar-refractivity contribution >= 4 is 17.0 Å². The molecule has 0 spiro atoms. The van der Waals surface area contributed by atoms with Gasteiger partial charge in [-0.3, -0.25) is 9.36 Å². The Morgan fingerprint density at radius 3 is 2.72 bits per heavy atom. The second kappa shape index (κ2) is 8.62. The monoisotopic (exact) mass is 490 g/mol. The van der Waals surface area contributed by atoms with Crippen LogP contribution in [0.2, 0.25) is 0 Å². The number of carboxylic acid groups (broad SMARTS) is 1. The van der Waals surface area contributed by atoms with Gasteiger partial charge in [0.15, 0.2) is 5.82 Å². The summed E-state index contributed by atoms with van der Waals surface area (Å²) in [4.78, 5) is 15.6. The fourth-order valence-electron chi connectivity index (χ4n) is 5.41. The van der Waals surface area contributed by atoms with Crippen LogP contribution in [0, 0.1) is 11.6 Å². The van der Waals surface area contributed by atoms with Crippen molar-refractivity contribution in [3.8, 4) is 17.2 Å². The van der Waals surface area contributed by atoms with Gasteiger partial charge in [0, 0.05) is 41.5 Å². The number of aryl methyl sites for hydroxylation is 1. The van der Waals surface area contributed by atoms with Crippen molar-refractivity contribution in [2.45, 2.75) is 38.0 Å². The third kappa shape index (κ3) is 3.68. The number of carboxylic acids is 1. The molecular formula is C28H24F2N2O4. The molecule has 0 saturated carbocycles. The lowest BCUT2D eigenvalue weighted by Gasteiger charge is -2.13. The Labute approximate surface area is 206 Å². The molecule has 36 heavy (non-hydrogen) atoms. The Hall–Kier alpha value is -3.94. The lowest BCUT2D eigenvalue weighted by atomic mass is 9.91. The number of hydrogen-bond donors (Lipinski definition) is 1.